The Bertz CT molecular complexity index is 426. The summed E-state index contributed by atoms with van der Waals surface area (Å²) in [7, 11) is 0. The van der Waals surface area contributed by atoms with Crippen LogP contribution in [0, 0.1) is 11.3 Å². The lowest BCUT2D eigenvalue weighted by atomic mass is 10.1. The second kappa shape index (κ2) is 8.23. The Morgan fingerprint density at radius 3 is 2.89 bits per heavy atom. The third-order valence-electron chi connectivity index (χ3n) is 2.35. The molecule has 1 amide bonds. The largest absolute Gasteiger partial charge is 0.392 e. The van der Waals surface area contributed by atoms with E-state index in [1.54, 1.807) is 0 Å². The minimum atomic E-state index is -0.122. The lowest BCUT2D eigenvalue weighted by molar-refractivity contribution is -0.120. The van der Waals surface area contributed by atoms with Crippen LogP contribution in [0.15, 0.2) is 24.3 Å². The number of nitrogens with one attached hydrogen (secondary N) is 2. The molecule has 0 saturated heterocycles. The van der Waals surface area contributed by atoms with Crippen molar-refractivity contribution in [3.63, 3.8) is 0 Å². The van der Waals surface area contributed by atoms with Crippen LogP contribution in [0.5, 0.6) is 0 Å². The first-order valence-electron chi connectivity index (χ1n) is 5.79. The number of nitriles is 1. The van der Waals surface area contributed by atoms with Crippen molar-refractivity contribution in [3.8, 4) is 6.07 Å². The van der Waals surface area contributed by atoms with Gasteiger partial charge in [-0.25, -0.2) is 0 Å². The summed E-state index contributed by atoms with van der Waals surface area (Å²) in [4.78, 5) is 11.3. The molecular formula is C13H17N3O2. The molecule has 0 aliphatic rings. The number of benzene rings is 1. The number of hydrogen-bond donors (Lipinski definition) is 3. The number of carbonyl (C=O) groups is 1. The summed E-state index contributed by atoms with van der Waals surface area (Å²) in [6, 6.07) is 9.49. The number of amides is 1. The van der Waals surface area contributed by atoms with Crippen LogP contribution in [0.4, 0.5) is 0 Å². The number of nitrogens with zero attached hydrogens (tertiary/aromatic N) is 1. The first-order valence-corrected chi connectivity index (χ1v) is 5.79. The zero-order valence-electron chi connectivity index (χ0n) is 10.1. The average Bonchev–Trinajstić information content (AvgIpc) is 2.39. The zero-order chi connectivity index (χ0) is 13.2. The van der Waals surface area contributed by atoms with Crippen molar-refractivity contribution in [2.45, 2.75) is 19.6 Å². The monoisotopic (exact) mass is 247 g/mol. The van der Waals surface area contributed by atoms with Gasteiger partial charge in [-0.05, 0) is 11.1 Å². The smallest absolute Gasteiger partial charge is 0.234 e. The fraction of sp³-hybridized carbons (Fsp3) is 0.385. The van der Waals surface area contributed by atoms with Crippen molar-refractivity contribution in [2.24, 2.45) is 0 Å². The highest BCUT2D eigenvalue weighted by molar-refractivity contribution is 5.77. The minimum absolute atomic E-state index is 0.0164. The molecule has 0 radical (unpaired) electrons. The van der Waals surface area contributed by atoms with E-state index in [4.69, 9.17) is 10.4 Å². The Labute approximate surface area is 106 Å². The Balaban J connectivity index is 2.24. The van der Waals surface area contributed by atoms with Crippen molar-refractivity contribution < 1.29 is 9.90 Å². The van der Waals surface area contributed by atoms with E-state index >= 15 is 0 Å². The van der Waals surface area contributed by atoms with E-state index < -0.39 is 0 Å². The molecule has 18 heavy (non-hydrogen) atoms. The Morgan fingerprint density at radius 2 is 2.17 bits per heavy atom. The summed E-state index contributed by atoms with van der Waals surface area (Å²) in [5, 5.41) is 22.9. The van der Waals surface area contributed by atoms with Gasteiger partial charge in [-0.3, -0.25) is 4.79 Å². The fourth-order valence-corrected chi connectivity index (χ4v) is 1.48. The normalized spacial score (nSPS) is 9.78. The van der Waals surface area contributed by atoms with Crippen LogP contribution in [0.3, 0.4) is 0 Å². The van der Waals surface area contributed by atoms with Gasteiger partial charge < -0.3 is 15.7 Å². The van der Waals surface area contributed by atoms with E-state index in [-0.39, 0.29) is 19.1 Å². The summed E-state index contributed by atoms with van der Waals surface area (Å²) in [6.45, 7) is 1.19. The molecule has 0 spiro atoms. The molecule has 0 unspecified atom stereocenters. The van der Waals surface area contributed by atoms with Gasteiger partial charge in [-0.2, -0.15) is 5.26 Å². The first kappa shape index (κ1) is 14.2. The maximum absolute atomic E-state index is 11.3. The highest BCUT2D eigenvalue weighted by atomic mass is 16.3. The van der Waals surface area contributed by atoms with Crippen LogP contribution in [0.25, 0.3) is 0 Å². The van der Waals surface area contributed by atoms with Gasteiger partial charge in [-0.1, -0.05) is 24.3 Å². The summed E-state index contributed by atoms with van der Waals surface area (Å²) < 4.78 is 0. The molecule has 3 N–H and O–H groups in total. The number of aliphatic hydroxyl groups excluding tert-OH is 1. The summed E-state index contributed by atoms with van der Waals surface area (Å²) in [5.74, 6) is -0.122. The molecule has 96 valence electrons. The summed E-state index contributed by atoms with van der Waals surface area (Å²) in [6.07, 6.45) is 0.324. The van der Waals surface area contributed by atoms with Crippen molar-refractivity contribution >= 4 is 5.91 Å². The fourth-order valence-electron chi connectivity index (χ4n) is 1.48. The predicted molar refractivity (Wildman–Crippen MR) is 67.3 cm³/mol. The van der Waals surface area contributed by atoms with E-state index in [2.05, 4.69) is 10.6 Å². The van der Waals surface area contributed by atoms with E-state index in [0.29, 0.717) is 19.5 Å². The topological polar surface area (TPSA) is 85.2 Å². The first-order chi connectivity index (χ1) is 8.76. The molecule has 1 aromatic rings. The van der Waals surface area contributed by atoms with Crippen LogP contribution >= 0.6 is 0 Å². The highest BCUT2D eigenvalue weighted by Crippen LogP contribution is 2.04. The Kier molecular flexibility index (Phi) is 6.47. The molecule has 1 aromatic carbocycles. The number of hydrogen-bond acceptors (Lipinski definition) is 4. The molecular weight excluding hydrogens is 230 g/mol. The molecule has 0 aliphatic heterocycles. The van der Waals surface area contributed by atoms with Gasteiger partial charge in [0.1, 0.15) is 0 Å². The Hall–Kier alpha value is -1.90. The second-order valence-electron chi connectivity index (χ2n) is 3.84. The second-order valence-corrected chi connectivity index (χ2v) is 3.84. The van der Waals surface area contributed by atoms with Crippen LogP contribution in [0.1, 0.15) is 17.5 Å². The molecule has 0 saturated carbocycles. The minimum Gasteiger partial charge on any atom is -0.392 e. The van der Waals surface area contributed by atoms with Crippen molar-refractivity contribution in [1.82, 2.24) is 10.6 Å². The average molecular weight is 247 g/mol. The molecule has 0 heterocycles. The van der Waals surface area contributed by atoms with E-state index in [1.807, 2.05) is 30.3 Å². The molecule has 1 rings (SSSR count). The van der Waals surface area contributed by atoms with Gasteiger partial charge >= 0.3 is 0 Å². The van der Waals surface area contributed by atoms with Crippen LogP contribution in [-0.2, 0) is 17.9 Å². The van der Waals surface area contributed by atoms with Crippen molar-refractivity contribution in [1.29, 1.82) is 5.26 Å². The third kappa shape index (κ3) is 5.43. The lowest BCUT2D eigenvalue weighted by Crippen LogP contribution is -2.34. The van der Waals surface area contributed by atoms with Gasteiger partial charge in [-0.15, -0.1) is 0 Å². The molecule has 5 nitrogen and oxygen atoms in total. The van der Waals surface area contributed by atoms with Crippen LogP contribution in [0.2, 0.25) is 0 Å². The maximum atomic E-state index is 11.3. The molecule has 0 atom stereocenters. The SMILES string of the molecule is N#CCCNC(=O)CNCc1cccc(CO)c1. The van der Waals surface area contributed by atoms with Gasteiger partial charge in [0.05, 0.1) is 25.6 Å². The van der Waals surface area contributed by atoms with E-state index in [1.165, 1.54) is 0 Å². The molecule has 0 aromatic heterocycles. The highest BCUT2D eigenvalue weighted by Gasteiger charge is 2.00. The third-order valence-corrected chi connectivity index (χ3v) is 2.35. The number of aliphatic hydroxyl groups is 1. The van der Waals surface area contributed by atoms with Gasteiger partial charge in [0.15, 0.2) is 0 Å². The summed E-state index contributed by atoms with van der Waals surface area (Å²) in [5.41, 5.74) is 1.87. The van der Waals surface area contributed by atoms with E-state index in [9.17, 15) is 4.79 Å². The van der Waals surface area contributed by atoms with Gasteiger partial charge in [0, 0.05) is 13.1 Å². The van der Waals surface area contributed by atoms with E-state index in [0.717, 1.165) is 11.1 Å². The molecule has 0 fully saturated rings. The predicted octanol–water partition coefficient (Wildman–Crippen LogP) is 0.298. The molecule has 0 aliphatic carbocycles. The van der Waals surface area contributed by atoms with Gasteiger partial charge in [0.2, 0.25) is 5.91 Å². The zero-order valence-corrected chi connectivity index (χ0v) is 10.1. The van der Waals surface area contributed by atoms with Gasteiger partial charge in [0.25, 0.3) is 0 Å². The van der Waals surface area contributed by atoms with Crippen molar-refractivity contribution in [3.05, 3.63) is 35.4 Å². The maximum Gasteiger partial charge on any atom is 0.234 e. The molecule has 0 bridgehead atoms. The summed E-state index contributed by atoms with van der Waals surface area (Å²) >= 11 is 0. The van der Waals surface area contributed by atoms with Crippen LogP contribution < -0.4 is 10.6 Å². The standard InChI is InChI=1S/C13H17N3O2/c14-5-2-6-16-13(18)9-15-8-11-3-1-4-12(7-11)10-17/h1,3-4,7,15,17H,2,6,8-10H2,(H,16,18). The number of carbonyl (C=O) groups excluding carboxylic acids is 1. The number of rotatable bonds is 7. The lowest BCUT2D eigenvalue weighted by Gasteiger charge is -2.06. The Morgan fingerprint density at radius 1 is 1.39 bits per heavy atom. The van der Waals surface area contributed by atoms with Crippen molar-refractivity contribution in [2.75, 3.05) is 13.1 Å². The molecule has 5 heteroatoms. The van der Waals surface area contributed by atoms with Crippen LogP contribution in [-0.4, -0.2) is 24.1 Å². The quantitative estimate of drug-likeness (QED) is 0.605.